The standard InChI is InChI=1S/C17H32N6O.HI/c1-11(2)20-16(24)8-9-19-17(18-6)21-12(3)10-15-13(4)22-23(7)14(15)5;/h11-12H,8-10H2,1-7H3,(H,20,24)(H2,18,19,21);1H. The van der Waals surface area contributed by atoms with E-state index >= 15 is 0 Å². The molecular formula is C17H33IN6O. The van der Waals surface area contributed by atoms with Gasteiger partial charge in [-0.05, 0) is 46.6 Å². The molecule has 1 atom stereocenters. The first-order valence-corrected chi connectivity index (χ1v) is 8.50. The Labute approximate surface area is 168 Å². The van der Waals surface area contributed by atoms with Crippen molar-refractivity contribution in [1.29, 1.82) is 0 Å². The van der Waals surface area contributed by atoms with Gasteiger partial charge in [0.25, 0.3) is 0 Å². The Morgan fingerprint density at radius 3 is 2.36 bits per heavy atom. The molecule has 0 aliphatic heterocycles. The molecule has 3 N–H and O–H groups in total. The average Bonchev–Trinajstić information content (AvgIpc) is 2.72. The maximum Gasteiger partial charge on any atom is 0.221 e. The first kappa shape index (κ1) is 23.7. The highest BCUT2D eigenvalue weighted by molar-refractivity contribution is 14.0. The summed E-state index contributed by atoms with van der Waals surface area (Å²) in [6, 6.07) is 0.378. The topological polar surface area (TPSA) is 83.3 Å². The van der Waals surface area contributed by atoms with Gasteiger partial charge in [0.05, 0.1) is 5.69 Å². The van der Waals surface area contributed by atoms with Gasteiger partial charge in [-0.25, -0.2) is 0 Å². The van der Waals surface area contributed by atoms with Crippen molar-refractivity contribution in [3.8, 4) is 0 Å². The zero-order valence-corrected chi connectivity index (χ0v) is 18.8. The Hall–Kier alpha value is -1.32. The van der Waals surface area contributed by atoms with Crippen molar-refractivity contribution in [2.45, 2.75) is 59.5 Å². The molecule has 7 nitrogen and oxygen atoms in total. The number of amides is 1. The van der Waals surface area contributed by atoms with Crippen LogP contribution in [0.25, 0.3) is 0 Å². The highest BCUT2D eigenvalue weighted by Crippen LogP contribution is 2.14. The predicted octanol–water partition coefficient (Wildman–Crippen LogP) is 1.67. The molecule has 1 rings (SSSR count). The molecule has 0 aliphatic rings. The molecule has 8 heteroatoms. The fourth-order valence-electron chi connectivity index (χ4n) is 2.59. The van der Waals surface area contributed by atoms with Gasteiger partial charge in [-0.1, -0.05) is 0 Å². The van der Waals surface area contributed by atoms with Gasteiger partial charge in [0.2, 0.25) is 5.91 Å². The monoisotopic (exact) mass is 464 g/mol. The summed E-state index contributed by atoms with van der Waals surface area (Å²) in [7, 11) is 3.70. The molecule has 0 fully saturated rings. The number of aliphatic imine (C=N–C) groups is 1. The van der Waals surface area contributed by atoms with Crippen LogP contribution in [-0.4, -0.2) is 47.3 Å². The van der Waals surface area contributed by atoms with Gasteiger partial charge < -0.3 is 16.0 Å². The zero-order valence-electron chi connectivity index (χ0n) is 16.4. The largest absolute Gasteiger partial charge is 0.356 e. The van der Waals surface area contributed by atoms with Crippen LogP contribution in [0.2, 0.25) is 0 Å². The Kier molecular flexibility index (Phi) is 10.7. The Bertz CT molecular complexity index is 582. The molecule has 0 aromatic carbocycles. The van der Waals surface area contributed by atoms with Crippen LogP contribution >= 0.6 is 24.0 Å². The summed E-state index contributed by atoms with van der Waals surface area (Å²) in [5.74, 6) is 0.752. The molecule has 1 aromatic heterocycles. The van der Waals surface area contributed by atoms with Crippen LogP contribution in [-0.2, 0) is 18.3 Å². The molecule has 25 heavy (non-hydrogen) atoms. The number of hydrogen-bond donors (Lipinski definition) is 3. The number of aryl methyl sites for hydroxylation is 2. The maximum absolute atomic E-state index is 11.6. The van der Waals surface area contributed by atoms with Crippen molar-refractivity contribution < 1.29 is 4.79 Å². The number of carbonyl (C=O) groups is 1. The van der Waals surface area contributed by atoms with E-state index < -0.39 is 0 Å². The van der Waals surface area contributed by atoms with Crippen LogP contribution in [0.3, 0.4) is 0 Å². The summed E-state index contributed by atoms with van der Waals surface area (Å²) in [6.07, 6.45) is 1.30. The fraction of sp³-hybridized carbons (Fsp3) is 0.706. The molecule has 1 unspecified atom stereocenters. The van der Waals surface area contributed by atoms with E-state index in [0.717, 1.165) is 12.1 Å². The number of nitrogens with zero attached hydrogens (tertiary/aromatic N) is 3. The normalized spacial score (nSPS) is 12.6. The quantitative estimate of drug-likeness (QED) is 0.326. The van der Waals surface area contributed by atoms with E-state index in [1.165, 1.54) is 11.3 Å². The second-order valence-electron chi connectivity index (χ2n) is 6.49. The lowest BCUT2D eigenvalue weighted by atomic mass is 10.1. The lowest BCUT2D eigenvalue weighted by Crippen LogP contribution is -2.44. The van der Waals surface area contributed by atoms with Crippen LogP contribution < -0.4 is 16.0 Å². The van der Waals surface area contributed by atoms with Crippen molar-refractivity contribution >= 4 is 35.8 Å². The summed E-state index contributed by atoms with van der Waals surface area (Å²) in [5, 5.41) is 13.9. The molecule has 0 spiro atoms. The van der Waals surface area contributed by atoms with E-state index in [4.69, 9.17) is 0 Å². The van der Waals surface area contributed by atoms with E-state index in [0.29, 0.717) is 18.9 Å². The number of aromatic nitrogens is 2. The number of nitrogens with one attached hydrogen (secondary N) is 3. The van der Waals surface area contributed by atoms with Crippen LogP contribution in [0.15, 0.2) is 4.99 Å². The highest BCUT2D eigenvalue weighted by Gasteiger charge is 2.14. The van der Waals surface area contributed by atoms with Crippen molar-refractivity contribution in [1.82, 2.24) is 25.7 Å². The van der Waals surface area contributed by atoms with Crippen LogP contribution in [0.4, 0.5) is 0 Å². The zero-order chi connectivity index (χ0) is 18.3. The van der Waals surface area contributed by atoms with E-state index in [-0.39, 0.29) is 42.0 Å². The third-order valence-electron chi connectivity index (χ3n) is 3.87. The van der Waals surface area contributed by atoms with Crippen molar-refractivity contribution in [3.05, 3.63) is 17.0 Å². The Morgan fingerprint density at radius 1 is 1.24 bits per heavy atom. The van der Waals surface area contributed by atoms with E-state index in [9.17, 15) is 4.79 Å². The van der Waals surface area contributed by atoms with E-state index in [1.807, 2.05) is 32.5 Å². The number of carbonyl (C=O) groups excluding carboxylic acids is 1. The molecule has 144 valence electrons. The highest BCUT2D eigenvalue weighted by atomic mass is 127. The van der Waals surface area contributed by atoms with Gasteiger partial charge in [-0.3, -0.25) is 14.5 Å². The molecule has 0 saturated carbocycles. The predicted molar refractivity (Wildman–Crippen MR) is 114 cm³/mol. The third kappa shape index (κ3) is 8.06. The molecule has 1 aromatic rings. The van der Waals surface area contributed by atoms with Crippen molar-refractivity contribution in [3.63, 3.8) is 0 Å². The lowest BCUT2D eigenvalue weighted by Gasteiger charge is -2.18. The number of hydrogen-bond acceptors (Lipinski definition) is 3. The van der Waals surface area contributed by atoms with E-state index in [2.05, 4.69) is 39.9 Å². The third-order valence-corrected chi connectivity index (χ3v) is 3.87. The number of guanidine groups is 1. The van der Waals surface area contributed by atoms with Gasteiger partial charge >= 0.3 is 0 Å². The second kappa shape index (κ2) is 11.3. The van der Waals surface area contributed by atoms with Gasteiger partial charge in [0, 0.05) is 44.8 Å². The molecule has 0 aliphatic carbocycles. The lowest BCUT2D eigenvalue weighted by molar-refractivity contribution is -0.121. The average molecular weight is 464 g/mol. The van der Waals surface area contributed by atoms with Gasteiger partial charge in [0.15, 0.2) is 5.96 Å². The van der Waals surface area contributed by atoms with Gasteiger partial charge in [0.1, 0.15) is 0 Å². The maximum atomic E-state index is 11.6. The van der Waals surface area contributed by atoms with Crippen LogP contribution in [0, 0.1) is 13.8 Å². The van der Waals surface area contributed by atoms with Gasteiger partial charge in [-0.2, -0.15) is 5.10 Å². The minimum Gasteiger partial charge on any atom is -0.356 e. The minimum atomic E-state index is 0. The summed E-state index contributed by atoms with van der Waals surface area (Å²) in [5.41, 5.74) is 3.52. The number of halogens is 1. The van der Waals surface area contributed by atoms with Gasteiger partial charge in [-0.15, -0.1) is 24.0 Å². The first-order chi connectivity index (χ1) is 11.2. The SMILES string of the molecule is CN=C(NCCC(=O)NC(C)C)NC(C)Cc1c(C)nn(C)c1C.I. The summed E-state index contributed by atoms with van der Waals surface area (Å²) < 4.78 is 1.91. The van der Waals surface area contributed by atoms with Crippen LogP contribution in [0.5, 0.6) is 0 Å². The van der Waals surface area contributed by atoms with E-state index in [1.54, 1.807) is 7.05 Å². The van der Waals surface area contributed by atoms with Crippen molar-refractivity contribution in [2.75, 3.05) is 13.6 Å². The minimum absolute atomic E-state index is 0. The molecule has 0 radical (unpaired) electrons. The number of rotatable bonds is 7. The van der Waals surface area contributed by atoms with Crippen LogP contribution in [0.1, 0.15) is 44.1 Å². The Morgan fingerprint density at radius 2 is 1.88 bits per heavy atom. The summed E-state index contributed by atoms with van der Waals surface area (Å²) in [4.78, 5) is 15.9. The molecule has 1 heterocycles. The Balaban J connectivity index is 0.00000576. The fourth-order valence-corrected chi connectivity index (χ4v) is 2.59. The summed E-state index contributed by atoms with van der Waals surface area (Å²) >= 11 is 0. The summed E-state index contributed by atoms with van der Waals surface area (Å²) in [6.45, 7) is 10.7. The van der Waals surface area contributed by atoms with Crippen molar-refractivity contribution in [2.24, 2.45) is 12.0 Å². The molecular weight excluding hydrogens is 431 g/mol. The molecule has 1 amide bonds. The smallest absolute Gasteiger partial charge is 0.221 e. The molecule has 0 saturated heterocycles. The molecule has 0 bridgehead atoms. The first-order valence-electron chi connectivity index (χ1n) is 8.50. The second-order valence-corrected chi connectivity index (χ2v) is 6.49.